The van der Waals surface area contributed by atoms with E-state index >= 15 is 0 Å². The first-order valence-corrected chi connectivity index (χ1v) is 17.9. The van der Waals surface area contributed by atoms with E-state index in [1.165, 1.54) is 50.5 Å². The first-order valence-electron chi connectivity index (χ1n) is 17.3. The Balaban J connectivity index is 1.71. The Bertz CT molecular complexity index is 713. The van der Waals surface area contributed by atoms with Crippen molar-refractivity contribution in [3.05, 3.63) is 29.8 Å². The average Bonchev–Trinajstić information content (AvgIpc) is 3.07. The van der Waals surface area contributed by atoms with Gasteiger partial charge in [0.05, 0.1) is 119 Å². The highest BCUT2D eigenvalue weighted by Crippen LogP contribution is 2.15. The van der Waals surface area contributed by atoms with Gasteiger partial charge in [-0.1, -0.05) is 57.6 Å². The van der Waals surface area contributed by atoms with Crippen molar-refractivity contribution in [3.8, 4) is 5.75 Å². The molecule has 270 valence electrons. The summed E-state index contributed by atoms with van der Waals surface area (Å²) < 4.78 is 54.9. The van der Waals surface area contributed by atoms with Crippen LogP contribution in [0.4, 0.5) is 0 Å². The molecule has 0 aliphatic heterocycles. The molecule has 0 bridgehead atoms. The van der Waals surface area contributed by atoms with Crippen LogP contribution in [0.2, 0.25) is 0 Å². The van der Waals surface area contributed by atoms with Crippen LogP contribution in [-0.4, -0.2) is 131 Å². The zero-order chi connectivity index (χ0) is 32.9. The van der Waals surface area contributed by atoms with Crippen molar-refractivity contribution in [2.24, 2.45) is 0 Å². The molecule has 0 aliphatic carbocycles. The highest BCUT2D eigenvalue weighted by molar-refractivity contribution is 6.17. The highest BCUT2D eigenvalue weighted by Gasteiger charge is 1.99. The third-order valence-electron chi connectivity index (χ3n) is 6.69. The number of unbranched alkanes of at least 4 members (excludes halogenated alkanes) is 6. The van der Waals surface area contributed by atoms with Crippen LogP contribution in [0.1, 0.15) is 57.4 Å². The lowest BCUT2D eigenvalue weighted by Gasteiger charge is -2.09. The molecule has 0 radical (unpaired) electrons. The van der Waals surface area contributed by atoms with Crippen molar-refractivity contribution in [1.82, 2.24) is 0 Å². The third-order valence-corrected chi connectivity index (χ3v) is 6.84. The van der Waals surface area contributed by atoms with Gasteiger partial charge in [0, 0.05) is 5.88 Å². The molecule has 0 N–H and O–H groups in total. The summed E-state index contributed by atoms with van der Waals surface area (Å²) in [5.74, 6) is 1.39. The van der Waals surface area contributed by atoms with E-state index in [1.54, 1.807) is 0 Å². The van der Waals surface area contributed by atoms with Crippen molar-refractivity contribution in [2.75, 3.05) is 131 Å². The quantitative estimate of drug-likeness (QED) is 0.0636. The van der Waals surface area contributed by atoms with Crippen LogP contribution in [-0.2, 0) is 49.1 Å². The highest BCUT2D eigenvalue weighted by atomic mass is 35.5. The van der Waals surface area contributed by atoms with E-state index in [2.05, 4.69) is 31.2 Å². The molecule has 0 amide bonds. The summed E-state index contributed by atoms with van der Waals surface area (Å²) in [4.78, 5) is 0. The van der Waals surface area contributed by atoms with Gasteiger partial charge in [-0.15, -0.1) is 11.6 Å². The van der Waals surface area contributed by atoms with Crippen LogP contribution in [0, 0.1) is 0 Å². The predicted molar refractivity (Wildman–Crippen MR) is 182 cm³/mol. The maximum absolute atomic E-state index is 5.78. The van der Waals surface area contributed by atoms with Crippen molar-refractivity contribution >= 4 is 11.6 Å². The average molecular weight is 679 g/mol. The van der Waals surface area contributed by atoms with E-state index in [0.717, 1.165) is 12.2 Å². The molecule has 0 unspecified atom stereocenters. The van der Waals surface area contributed by atoms with E-state index < -0.39 is 0 Å². The van der Waals surface area contributed by atoms with Gasteiger partial charge >= 0.3 is 0 Å². The maximum atomic E-state index is 5.78. The molecule has 46 heavy (non-hydrogen) atoms. The maximum Gasteiger partial charge on any atom is 0.119 e. The molecule has 0 fully saturated rings. The minimum Gasteiger partial charge on any atom is -0.491 e. The lowest BCUT2D eigenvalue weighted by atomic mass is 10.0. The van der Waals surface area contributed by atoms with Crippen LogP contribution in [0.15, 0.2) is 24.3 Å². The summed E-state index contributed by atoms with van der Waals surface area (Å²) in [6, 6.07) is 8.45. The zero-order valence-corrected chi connectivity index (χ0v) is 29.3. The number of aryl methyl sites for hydroxylation is 1. The second kappa shape index (κ2) is 36.8. The number of halogens is 1. The molecular weight excluding hydrogens is 616 g/mol. The predicted octanol–water partition coefficient (Wildman–Crippen LogP) is 5.75. The number of rotatable bonds is 38. The first kappa shape index (κ1) is 43.0. The van der Waals surface area contributed by atoms with E-state index in [0.29, 0.717) is 131 Å². The molecule has 0 aromatic heterocycles. The van der Waals surface area contributed by atoms with Crippen LogP contribution in [0.5, 0.6) is 5.75 Å². The second-order valence-electron chi connectivity index (χ2n) is 10.6. The summed E-state index contributed by atoms with van der Waals surface area (Å²) in [6.07, 6.45) is 10.5. The van der Waals surface area contributed by atoms with Crippen molar-refractivity contribution in [1.29, 1.82) is 0 Å². The van der Waals surface area contributed by atoms with Gasteiger partial charge in [0.1, 0.15) is 12.4 Å². The van der Waals surface area contributed by atoms with Crippen LogP contribution in [0.25, 0.3) is 0 Å². The van der Waals surface area contributed by atoms with Crippen molar-refractivity contribution < 1.29 is 47.4 Å². The number of alkyl halides is 1. The summed E-state index contributed by atoms with van der Waals surface area (Å²) in [5, 5.41) is 0. The first-order chi connectivity index (χ1) is 22.9. The molecule has 10 nitrogen and oxygen atoms in total. The Kier molecular flexibility index (Phi) is 34.4. The van der Waals surface area contributed by atoms with Gasteiger partial charge in [-0.3, -0.25) is 0 Å². The third kappa shape index (κ3) is 31.5. The molecule has 0 spiro atoms. The second-order valence-corrected chi connectivity index (χ2v) is 10.9. The lowest BCUT2D eigenvalue weighted by molar-refractivity contribution is -0.0251. The molecule has 0 atom stereocenters. The Morgan fingerprint density at radius 3 is 1.09 bits per heavy atom. The smallest absolute Gasteiger partial charge is 0.119 e. The Labute approximate surface area is 283 Å². The molecule has 1 aromatic carbocycles. The molecule has 0 saturated carbocycles. The van der Waals surface area contributed by atoms with E-state index in [9.17, 15) is 0 Å². The van der Waals surface area contributed by atoms with E-state index in [1.807, 2.05) is 0 Å². The SMILES string of the molecule is CCCCCCCCCc1ccc(OCCOCCOCCOCCOCCOCCOCCOCCOCCOCCCl)cc1. The number of benzene rings is 1. The summed E-state index contributed by atoms with van der Waals surface area (Å²) in [7, 11) is 0. The minimum atomic E-state index is 0.500. The fourth-order valence-electron chi connectivity index (χ4n) is 4.17. The van der Waals surface area contributed by atoms with E-state index in [4.69, 9.17) is 59.0 Å². The number of hydrogen-bond acceptors (Lipinski definition) is 10. The standard InChI is InChI=1S/C35H63ClO10/c1-2-3-4-5-6-7-8-9-34-10-12-35(13-11-34)46-33-32-45-31-30-44-29-28-43-27-26-42-25-24-41-23-22-40-21-20-39-19-18-38-17-16-37-15-14-36/h10-13H,2-9,14-33H2,1H3. The van der Waals surface area contributed by atoms with Crippen LogP contribution in [0.3, 0.4) is 0 Å². The monoisotopic (exact) mass is 678 g/mol. The van der Waals surface area contributed by atoms with Crippen LogP contribution < -0.4 is 4.74 Å². The van der Waals surface area contributed by atoms with Crippen molar-refractivity contribution in [3.63, 3.8) is 0 Å². The van der Waals surface area contributed by atoms with E-state index in [-0.39, 0.29) is 0 Å². The summed E-state index contributed by atoms with van der Waals surface area (Å²) in [5.41, 5.74) is 1.38. The largest absolute Gasteiger partial charge is 0.491 e. The minimum absolute atomic E-state index is 0.500. The zero-order valence-electron chi connectivity index (χ0n) is 28.6. The molecule has 1 aromatic rings. The van der Waals surface area contributed by atoms with Gasteiger partial charge in [0.2, 0.25) is 0 Å². The number of ether oxygens (including phenoxy) is 10. The van der Waals surface area contributed by atoms with Gasteiger partial charge in [0.25, 0.3) is 0 Å². The van der Waals surface area contributed by atoms with Gasteiger partial charge in [-0.2, -0.15) is 0 Å². The summed E-state index contributed by atoms with van der Waals surface area (Å²) in [6.45, 7) is 12.3. The van der Waals surface area contributed by atoms with Crippen molar-refractivity contribution in [2.45, 2.75) is 58.3 Å². The van der Waals surface area contributed by atoms with Gasteiger partial charge in [0.15, 0.2) is 0 Å². The van der Waals surface area contributed by atoms with Gasteiger partial charge in [-0.05, 0) is 30.5 Å². The van der Waals surface area contributed by atoms with Gasteiger partial charge < -0.3 is 47.4 Å². The molecule has 0 saturated heterocycles. The summed E-state index contributed by atoms with van der Waals surface area (Å²) >= 11 is 5.52. The Morgan fingerprint density at radius 2 is 0.717 bits per heavy atom. The Morgan fingerprint density at radius 1 is 0.391 bits per heavy atom. The molecule has 11 heteroatoms. The molecular formula is C35H63ClO10. The fraction of sp³-hybridized carbons (Fsp3) is 0.829. The van der Waals surface area contributed by atoms with Crippen LogP contribution >= 0.6 is 11.6 Å². The number of hydrogen-bond donors (Lipinski definition) is 0. The molecule has 0 aliphatic rings. The van der Waals surface area contributed by atoms with Gasteiger partial charge in [-0.25, -0.2) is 0 Å². The molecule has 1 rings (SSSR count). The lowest BCUT2D eigenvalue weighted by Crippen LogP contribution is -2.15. The molecule has 0 heterocycles. The Hall–Kier alpha value is -1.05. The normalized spacial score (nSPS) is 11.4. The topological polar surface area (TPSA) is 92.3 Å². The fourth-order valence-corrected chi connectivity index (χ4v) is 4.28.